The summed E-state index contributed by atoms with van der Waals surface area (Å²) in [4.78, 5) is 15.0. The van der Waals surface area contributed by atoms with E-state index in [4.69, 9.17) is 5.73 Å². The Kier molecular flexibility index (Phi) is 3.68. The maximum Gasteiger partial charge on any atom is 0.267 e. The van der Waals surface area contributed by atoms with Crippen LogP contribution in [0.4, 0.5) is 0 Å². The minimum Gasteiger partial charge on any atom is -0.337 e. The summed E-state index contributed by atoms with van der Waals surface area (Å²) in [6.45, 7) is 7.65. The summed E-state index contributed by atoms with van der Waals surface area (Å²) in [5.41, 5.74) is 6.86. The molecule has 1 aliphatic heterocycles. The Morgan fingerprint density at radius 2 is 2.33 bits per heavy atom. The zero-order valence-corrected chi connectivity index (χ0v) is 12.0. The number of hydrogen-bond donors (Lipinski definition) is 1. The number of nitrogens with zero attached hydrogens (tertiary/aromatic N) is 3. The molecule has 0 spiro atoms. The summed E-state index contributed by atoms with van der Waals surface area (Å²) in [6.07, 6.45) is 1.60. The van der Waals surface area contributed by atoms with Crippen LogP contribution in [0.1, 0.15) is 42.6 Å². The van der Waals surface area contributed by atoms with Gasteiger partial charge in [0.15, 0.2) is 0 Å². The van der Waals surface area contributed by atoms with Gasteiger partial charge in [-0.1, -0.05) is 25.3 Å². The summed E-state index contributed by atoms with van der Waals surface area (Å²) < 4.78 is 3.88. The molecule has 0 bridgehead atoms. The maximum atomic E-state index is 12.5. The zero-order chi connectivity index (χ0) is 13.3. The van der Waals surface area contributed by atoms with E-state index >= 15 is 0 Å². The van der Waals surface area contributed by atoms with Gasteiger partial charge in [-0.05, 0) is 29.8 Å². The fourth-order valence-corrected chi connectivity index (χ4v) is 3.01. The first kappa shape index (κ1) is 13.4. The molecule has 2 N–H and O–H groups in total. The average molecular weight is 268 g/mol. The zero-order valence-electron chi connectivity index (χ0n) is 11.1. The lowest BCUT2D eigenvalue weighted by atomic mass is 9.79. The van der Waals surface area contributed by atoms with Crippen molar-refractivity contribution in [2.45, 2.75) is 39.7 Å². The van der Waals surface area contributed by atoms with Crippen LogP contribution < -0.4 is 5.73 Å². The molecule has 1 atom stereocenters. The Bertz CT molecular complexity index is 443. The highest BCUT2D eigenvalue weighted by Gasteiger charge is 2.36. The second kappa shape index (κ2) is 4.93. The Balaban J connectivity index is 2.16. The van der Waals surface area contributed by atoms with Crippen molar-refractivity contribution < 1.29 is 4.79 Å². The van der Waals surface area contributed by atoms with E-state index < -0.39 is 0 Å². The predicted molar refractivity (Wildman–Crippen MR) is 71.6 cm³/mol. The van der Waals surface area contributed by atoms with Gasteiger partial charge in [-0.2, -0.15) is 0 Å². The smallest absolute Gasteiger partial charge is 0.267 e. The van der Waals surface area contributed by atoms with Crippen LogP contribution in [0.25, 0.3) is 0 Å². The van der Waals surface area contributed by atoms with E-state index in [1.54, 1.807) is 0 Å². The molecule has 0 saturated carbocycles. The third-order valence-corrected chi connectivity index (χ3v) is 4.44. The van der Waals surface area contributed by atoms with Gasteiger partial charge in [0.2, 0.25) is 0 Å². The van der Waals surface area contributed by atoms with E-state index in [2.05, 4.69) is 23.4 Å². The first-order valence-corrected chi connectivity index (χ1v) is 7.09. The highest BCUT2D eigenvalue weighted by atomic mass is 32.1. The number of rotatable bonds is 2. The number of aryl methyl sites for hydroxylation is 1. The molecule has 1 aromatic heterocycles. The summed E-state index contributed by atoms with van der Waals surface area (Å²) >= 11 is 1.19. The monoisotopic (exact) mass is 268 g/mol. The van der Waals surface area contributed by atoms with Crippen molar-refractivity contribution in [3.05, 3.63) is 10.6 Å². The molecule has 1 aromatic rings. The fraction of sp³-hybridized carbons (Fsp3) is 0.750. The minimum atomic E-state index is -0.0294. The van der Waals surface area contributed by atoms with Gasteiger partial charge < -0.3 is 10.6 Å². The number of carbonyl (C=O) groups excluding carboxylic acids is 1. The maximum absolute atomic E-state index is 12.5. The van der Waals surface area contributed by atoms with Crippen LogP contribution in [0.5, 0.6) is 0 Å². The van der Waals surface area contributed by atoms with Crippen LogP contribution in [0.2, 0.25) is 0 Å². The van der Waals surface area contributed by atoms with E-state index in [9.17, 15) is 4.79 Å². The Morgan fingerprint density at radius 3 is 2.94 bits per heavy atom. The highest BCUT2D eigenvalue weighted by molar-refractivity contribution is 7.08. The molecule has 2 rings (SSSR count). The first-order chi connectivity index (χ1) is 8.45. The van der Waals surface area contributed by atoms with Gasteiger partial charge in [0.05, 0.1) is 5.69 Å². The third kappa shape index (κ3) is 2.40. The standard InChI is InChI=1S/C12H20N4OS/c1-4-8-10(18-15-14-8)11(17)16-6-5-9(13)12(2,3)7-16/h9H,4-7,13H2,1-3H3. The topological polar surface area (TPSA) is 72.1 Å². The van der Waals surface area contributed by atoms with Gasteiger partial charge in [-0.25, -0.2) is 0 Å². The van der Waals surface area contributed by atoms with Crippen LogP contribution in [0.15, 0.2) is 0 Å². The van der Waals surface area contributed by atoms with Crippen LogP contribution in [0, 0.1) is 5.41 Å². The molecule has 0 radical (unpaired) electrons. The molecule has 100 valence electrons. The quantitative estimate of drug-likeness (QED) is 0.877. The number of carbonyl (C=O) groups is 1. The molecule has 1 aliphatic rings. The van der Waals surface area contributed by atoms with Crippen molar-refractivity contribution in [2.24, 2.45) is 11.1 Å². The van der Waals surface area contributed by atoms with Crippen molar-refractivity contribution in [1.82, 2.24) is 14.5 Å². The van der Waals surface area contributed by atoms with E-state index in [-0.39, 0.29) is 17.4 Å². The molecule has 5 nitrogen and oxygen atoms in total. The Morgan fingerprint density at radius 1 is 1.61 bits per heavy atom. The number of amides is 1. The minimum absolute atomic E-state index is 0.0294. The van der Waals surface area contributed by atoms with E-state index in [1.807, 2.05) is 11.8 Å². The molecule has 1 fully saturated rings. The SMILES string of the molecule is CCc1nnsc1C(=O)N1CCC(N)C(C)(C)C1. The normalized spacial score (nSPS) is 23.1. The van der Waals surface area contributed by atoms with Crippen LogP contribution >= 0.6 is 11.5 Å². The predicted octanol–water partition coefficient (Wildman–Crippen LogP) is 1.30. The second-order valence-electron chi connectivity index (χ2n) is 5.51. The largest absolute Gasteiger partial charge is 0.337 e. The summed E-state index contributed by atoms with van der Waals surface area (Å²) in [5.74, 6) is 0.0572. The van der Waals surface area contributed by atoms with E-state index in [0.717, 1.165) is 25.1 Å². The number of nitrogens with two attached hydrogens (primary N) is 1. The second-order valence-corrected chi connectivity index (χ2v) is 6.27. The molecule has 1 saturated heterocycles. The van der Waals surface area contributed by atoms with Crippen molar-refractivity contribution in [3.63, 3.8) is 0 Å². The molecular weight excluding hydrogens is 248 g/mol. The molecule has 2 heterocycles. The molecule has 1 unspecified atom stereocenters. The van der Waals surface area contributed by atoms with Gasteiger partial charge in [0.1, 0.15) is 4.88 Å². The summed E-state index contributed by atoms with van der Waals surface area (Å²) in [5, 5.41) is 4.00. The molecule has 0 aromatic carbocycles. The van der Waals surface area contributed by atoms with Crippen molar-refractivity contribution in [3.8, 4) is 0 Å². The Hall–Kier alpha value is -1.01. The van der Waals surface area contributed by atoms with Crippen LogP contribution in [0.3, 0.4) is 0 Å². The number of piperidine rings is 1. The number of aromatic nitrogens is 2. The van der Waals surface area contributed by atoms with Gasteiger partial charge in [-0.15, -0.1) is 5.10 Å². The fourth-order valence-electron chi connectivity index (χ4n) is 2.29. The van der Waals surface area contributed by atoms with Gasteiger partial charge >= 0.3 is 0 Å². The highest BCUT2D eigenvalue weighted by Crippen LogP contribution is 2.29. The summed E-state index contributed by atoms with van der Waals surface area (Å²) in [7, 11) is 0. The average Bonchev–Trinajstić information content (AvgIpc) is 2.79. The Labute approximate surface area is 112 Å². The van der Waals surface area contributed by atoms with Gasteiger partial charge in [0, 0.05) is 19.1 Å². The van der Waals surface area contributed by atoms with E-state index in [0.29, 0.717) is 11.4 Å². The van der Waals surface area contributed by atoms with Crippen molar-refractivity contribution in [1.29, 1.82) is 0 Å². The van der Waals surface area contributed by atoms with Crippen LogP contribution in [-0.4, -0.2) is 39.5 Å². The lowest BCUT2D eigenvalue weighted by Crippen LogP contribution is -2.54. The molecular formula is C12H20N4OS. The van der Waals surface area contributed by atoms with E-state index in [1.165, 1.54) is 11.5 Å². The summed E-state index contributed by atoms with van der Waals surface area (Å²) in [6, 6.07) is 0.159. The van der Waals surface area contributed by atoms with Gasteiger partial charge in [-0.3, -0.25) is 4.79 Å². The third-order valence-electron chi connectivity index (χ3n) is 3.68. The van der Waals surface area contributed by atoms with Gasteiger partial charge in [0.25, 0.3) is 5.91 Å². The first-order valence-electron chi connectivity index (χ1n) is 6.31. The molecule has 1 amide bonds. The lowest BCUT2D eigenvalue weighted by Gasteiger charge is -2.42. The number of hydrogen-bond acceptors (Lipinski definition) is 5. The molecule has 6 heteroatoms. The van der Waals surface area contributed by atoms with Crippen molar-refractivity contribution >= 4 is 17.4 Å². The van der Waals surface area contributed by atoms with Crippen LogP contribution in [-0.2, 0) is 6.42 Å². The molecule has 0 aliphatic carbocycles. The van der Waals surface area contributed by atoms with Crippen molar-refractivity contribution in [2.75, 3.05) is 13.1 Å². The number of likely N-dealkylation sites (tertiary alicyclic amines) is 1. The molecule has 18 heavy (non-hydrogen) atoms. The lowest BCUT2D eigenvalue weighted by molar-refractivity contribution is 0.0536.